The topological polar surface area (TPSA) is 90.7 Å². The van der Waals surface area contributed by atoms with E-state index in [1.807, 2.05) is 26.0 Å². The minimum Gasteiger partial charge on any atom is -0.468 e. The van der Waals surface area contributed by atoms with Crippen molar-refractivity contribution in [3.8, 4) is 5.75 Å². The summed E-state index contributed by atoms with van der Waals surface area (Å²) in [6.45, 7) is 3.87. The number of thiophene rings is 1. The Morgan fingerprint density at radius 3 is 2.52 bits per heavy atom. The van der Waals surface area contributed by atoms with Crippen LogP contribution >= 0.6 is 11.3 Å². The van der Waals surface area contributed by atoms with E-state index < -0.39 is 5.91 Å². The monoisotopic (exact) mass is 360 g/mol. The lowest BCUT2D eigenvalue weighted by Crippen LogP contribution is -2.16. The molecule has 132 valence electrons. The van der Waals surface area contributed by atoms with E-state index in [-0.39, 0.29) is 12.7 Å². The molecule has 0 radical (unpaired) electrons. The zero-order chi connectivity index (χ0) is 18.4. The van der Waals surface area contributed by atoms with Gasteiger partial charge in [-0.1, -0.05) is 12.1 Å². The fraction of sp³-hybridized carbons (Fsp3) is 0.222. The predicted molar refractivity (Wildman–Crippen MR) is 98.9 cm³/mol. The lowest BCUT2D eigenvalue weighted by atomic mass is 10.1. The third-order valence-corrected chi connectivity index (χ3v) is 4.64. The highest BCUT2D eigenvalue weighted by molar-refractivity contribution is 7.16. The maximum absolute atomic E-state index is 12.1. The highest BCUT2D eigenvalue weighted by Gasteiger charge is 2.18. The molecule has 6 nitrogen and oxygen atoms in total. The highest BCUT2D eigenvalue weighted by atomic mass is 32.1. The van der Waals surface area contributed by atoms with Gasteiger partial charge in [-0.2, -0.15) is 0 Å². The Balaban J connectivity index is 2.04. The number of anilines is 1. The van der Waals surface area contributed by atoms with Crippen LogP contribution in [0, 0.1) is 13.8 Å². The quantitative estimate of drug-likeness (QED) is 0.586. The van der Waals surface area contributed by atoms with Crippen LogP contribution in [0.3, 0.4) is 0 Å². The Morgan fingerprint density at radius 1 is 1.24 bits per heavy atom. The van der Waals surface area contributed by atoms with Crippen molar-refractivity contribution in [2.75, 3.05) is 19.2 Å². The molecule has 0 unspecified atom stereocenters. The molecule has 1 aromatic carbocycles. The van der Waals surface area contributed by atoms with E-state index in [2.05, 4.69) is 5.32 Å². The molecule has 3 N–H and O–H groups in total. The van der Waals surface area contributed by atoms with Crippen LogP contribution in [0.5, 0.6) is 5.75 Å². The number of amides is 2. The van der Waals surface area contributed by atoms with E-state index in [4.69, 9.17) is 15.2 Å². The number of hydrogen-bond acceptors (Lipinski definition) is 5. The number of nitrogens with two attached hydrogens (primary N) is 1. The van der Waals surface area contributed by atoms with Crippen LogP contribution in [0.2, 0.25) is 0 Å². The third-order valence-electron chi connectivity index (χ3n) is 3.52. The van der Waals surface area contributed by atoms with Crippen molar-refractivity contribution in [1.82, 2.24) is 0 Å². The van der Waals surface area contributed by atoms with Gasteiger partial charge in [0.1, 0.15) is 10.8 Å². The van der Waals surface area contributed by atoms with Gasteiger partial charge in [-0.3, -0.25) is 9.59 Å². The van der Waals surface area contributed by atoms with Crippen LogP contribution in [0.4, 0.5) is 5.00 Å². The van der Waals surface area contributed by atoms with Crippen LogP contribution in [0.25, 0.3) is 6.08 Å². The molecule has 2 amide bonds. The molecule has 0 spiro atoms. The van der Waals surface area contributed by atoms with E-state index in [0.717, 1.165) is 16.0 Å². The van der Waals surface area contributed by atoms with Crippen molar-refractivity contribution >= 4 is 34.2 Å². The third kappa shape index (κ3) is 4.91. The van der Waals surface area contributed by atoms with Gasteiger partial charge in [0.05, 0.1) is 5.56 Å². The van der Waals surface area contributed by atoms with E-state index in [1.165, 1.54) is 17.4 Å². The van der Waals surface area contributed by atoms with Crippen LogP contribution < -0.4 is 15.8 Å². The maximum atomic E-state index is 12.1. The van der Waals surface area contributed by atoms with Gasteiger partial charge in [0, 0.05) is 18.1 Å². The fourth-order valence-corrected chi connectivity index (χ4v) is 3.21. The van der Waals surface area contributed by atoms with Crippen molar-refractivity contribution in [3.63, 3.8) is 0 Å². The molecule has 2 aromatic rings. The fourth-order valence-electron chi connectivity index (χ4n) is 2.14. The first-order valence-corrected chi connectivity index (χ1v) is 8.34. The van der Waals surface area contributed by atoms with Gasteiger partial charge in [0.25, 0.3) is 5.91 Å². The maximum Gasteiger partial charge on any atom is 0.251 e. The Hall–Kier alpha value is -2.64. The minimum absolute atomic E-state index is 0.180. The Morgan fingerprint density at radius 2 is 1.92 bits per heavy atom. The molecule has 0 saturated heterocycles. The summed E-state index contributed by atoms with van der Waals surface area (Å²) >= 11 is 1.33. The van der Waals surface area contributed by atoms with Crippen LogP contribution in [0.1, 0.15) is 26.4 Å². The molecule has 0 aliphatic heterocycles. The summed E-state index contributed by atoms with van der Waals surface area (Å²) in [5.74, 6) is -0.199. The molecular formula is C18H20N2O4S. The lowest BCUT2D eigenvalue weighted by Gasteiger charge is -2.04. The summed E-state index contributed by atoms with van der Waals surface area (Å²) in [5, 5.41) is 3.19. The molecule has 0 aliphatic carbocycles. The second-order valence-electron chi connectivity index (χ2n) is 5.29. The molecule has 25 heavy (non-hydrogen) atoms. The van der Waals surface area contributed by atoms with Crippen LogP contribution in [0.15, 0.2) is 30.3 Å². The second kappa shape index (κ2) is 8.46. The van der Waals surface area contributed by atoms with E-state index in [0.29, 0.717) is 16.3 Å². The number of nitrogens with one attached hydrogen (secondary N) is 1. The van der Waals surface area contributed by atoms with Gasteiger partial charge in [0.2, 0.25) is 5.91 Å². The van der Waals surface area contributed by atoms with Crippen molar-refractivity contribution < 1.29 is 19.1 Å². The molecular weight excluding hydrogens is 340 g/mol. The number of rotatable bonds is 7. The Kier molecular flexibility index (Phi) is 6.32. The number of ether oxygens (including phenoxy) is 2. The summed E-state index contributed by atoms with van der Waals surface area (Å²) in [6.07, 6.45) is 3.08. The number of carbonyl (C=O) groups is 2. The SMILES string of the molecule is COCOc1ccc(/C=C/C(=O)Nc2sc(C)c(C)c2C(N)=O)cc1. The summed E-state index contributed by atoms with van der Waals surface area (Å²) in [5.41, 5.74) is 7.40. The van der Waals surface area contributed by atoms with Crippen molar-refractivity contribution in [1.29, 1.82) is 0 Å². The van der Waals surface area contributed by atoms with Gasteiger partial charge in [0.15, 0.2) is 6.79 Å². The first-order chi connectivity index (χ1) is 11.9. The molecule has 1 aromatic heterocycles. The van der Waals surface area contributed by atoms with Crippen molar-refractivity contribution in [2.45, 2.75) is 13.8 Å². The van der Waals surface area contributed by atoms with Gasteiger partial charge in [-0.05, 0) is 43.2 Å². The van der Waals surface area contributed by atoms with E-state index in [9.17, 15) is 9.59 Å². The molecule has 0 atom stereocenters. The van der Waals surface area contributed by atoms with Gasteiger partial charge in [-0.15, -0.1) is 11.3 Å². The van der Waals surface area contributed by atoms with Crippen LogP contribution in [-0.4, -0.2) is 25.7 Å². The number of carbonyl (C=O) groups excluding carboxylic acids is 2. The first kappa shape index (κ1) is 18.7. The standard InChI is InChI=1S/C18H20N2O4S/c1-11-12(2)25-18(16(11)17(19)22)20-15(21)9-6-13-4-7-14(8-5-13)24-10-23-3/h4-9H,10H2,1-3H3,(H2,19,22)(H,20,21)/b9-6+. The Labute approximate surface area is 150 Å². The van der Waals surface area contributed by atoms with Gasteiger partial charge in [-0.25, -0.2) is 0 Å². The second-order valence-corrected chi connectivity index (χ2v) is 6.52. The normalized spacial score (nSPS) is 10.8. The number of benzene rings is 1. The summed E-state index contributed by atoms with van der Waals surface area (Å²) in [4.78, 5) is 24.6. The molecule has 0 bridgehead atoms. The van der Waals surface area contributed by atoms with Crippen molar-refractivity contribution in [3.05, 3.63) is 51.9 Å². The molecule has 0 saturated carbocycles. The largest absolute Gasteiger partial charge is 0.468 e. The number of aryl methyl sites for hydroxylation is 1. The summed E-state index contributed by atoms with van der Waals surface area (Å²) in [6, 6.07) is 7.22. The number of hydrogen-bond donors (Lipinski definition) is 2. The summed E-state index contributed by atoms with van der Waals surface area (Å²) < 4.78 is 10.1. The molecule has 0 fully saturated rings. The predicted octanol–water partition coefficient (Wildman–Crippen LogP) is 3.10. The Bertz CT molecular complexity index is 794. The zero-order valence-corrected chi connectivity index (χ0v) is 15.1. The summed E-state index contributed by atoms with van der Waals surface area (Å²) in [7, 11) is 1.55. The number of primary amides is 1. The smallest absolute Gasteiger partial charge is 0.251 e. The van der Waals surface area contributed by atoms with Gasteiger partial charge < -0.3 is 20.5 Å². The van der Waals surface area contributed by atoms with E-state index >= 15 is 0 Å². The van der Waals surface area contributed by atoms with E-state index in [1.54, 1.807) is 25.3 Å². The average molecular weight is 360 g/mol. The van der Waals surface area contributed by atoms with Crippen molar-refractivity contribution in [2.24, 2.45) is 5.73 Å². The average Bonchev–Trinajstić information content (AvgIpc) is 2.86. The zero-order valence-electron chi connectivity index (χ0n) is 14.3. The first-order valence-electron chi connectivity index (χ1n) is 7.53. The molecule has 1 heterocycles. The molecule has 0 aliphatic rings. The lowest BCUT2D eigenvalue weighted by molar-refractivity contribution is -0.111. The van der Waals surface area contributed by atoms with Crippen LogP contribution in [-0.2, 0) is 9.53 Å². The number of methoxy groups -OCH3 is 1. The molecule has 2 rings (SSSR count). The highest BCUT2D eigenvalue weighted by Crippen LogP contribution is 2.32. The minimum atomic E-state index is -0.548. The van der Waals surface area contributed by atoms with Gasteiger partial charge >= 0.3 is 0 Å². The molecule has 7 heteroatoms.